The van der Waals surface area contributed by atoms with E-state index in [0.717, 1.165) is 40.6 Å². The predicted octanol–water partition coefficient (Wildman–Crippen LogP) is 6.31. The maximum atomic E-state index is 12.3. The minimum Gasteiger partial charge on any atom is -0.508 e. The Morgan fingerprint density at radius 3 is 1.90 bits per heavy atom. The molecule has 6 heterocycles. The van der Waals surface area contributed by atoms with Crippen molar-refractivity contribution in [2.45, 2.75) is 0 Å². The Bertz CT molecular complexity index is 2840. The van der Waals surface area contributed by atoms with Crippen molar-refractivity contribution in [3.8, 4) is 34.0 Å². The lowest BCUT2D eigenvalue weighted by atomic mass is 10.1. The lowest BCUT2D eigenvalue weighted by Gasteiger charge is -2.28. The van der Waals surface area contributed by atoms with Gasteiger partial charge >= 0.3 is 5.97 Å². The van der Waals surface area contributed by atoms with Crippen molar-refractivity contribution in [3.05, 3.63) is 109 Å². The summed E-state index contributed by atoms with van der Waals surface area (Å²) in [6, 6.07) is 26.9. The van der Waals surface area contributed by atoms with Gasteiger partial charge < -0.3 is 45.2 Å². The number of morpholine rings is 2. The molecular formula is C43H40N12O6. The summed E-state index contributed by atoms with van der Waals surface area (Å²) in [5, 5.41) is 52.7. The van der Waals surface area contributed by atoms with Crippen molar-refractivity contribution in [3.63, 3.8) is 0 Å². The molecule has 61 heavy (non-hydrogen) atoms. The molecule has 10 rings (SSSR count). The number of carboxylic acid groups (broad SMARTS) is 1. The number of ether oxygens (including phenoxy) is 2. The standard InChI is InChI=1S/C22H20N6O4.C21H20N6O2/c29-16-3-1-2-13(11-16)19-18(21(30)31)20(26-22(25-19)28-6-8-32-9-7-28)24-15-4-5-17-14(10-15)12-23-27-17;28-19-4-2-1-3-16(19)18-12-20(25-21(24-18)27-7-9-29-10-8-27)23-15-5-6-17-14(11-15)13-22-26-17/h1-5,10-12,29H,6-9H2,(H,23,27)(H,30,31)(H,24,25,26);1-6,11-13,28H,7-10H2,(H,22,26)(H,23,24,25). The number of phenols is 2. The van der Waals surface area contributed by atoms with Crippen LogP contribution in [-0.4, -0.2) is 114 Å². The number of para-hydroxylation sites is 1. The summed E-state index contributed by atoms with van der Waals surface area (Å²) < 4.78 is 10.9. The molecule has 0 spiro atoms. The average molecular weight is 821 g/mol. The Labute approximate surface area is 347 Å². The molecule has 4 aromatic carbocycles. The molecule has 0 radical (unpaired) electrons. The topological polar surface area (TPSA) is 236 Å². The number of aromatic amines is 2. The summed E-state index contributed by atoms with van der Waals surface area (Å²) in [5.74, 6) is 0.848. The third-order valence-electron chi connectivity index (χ3n) is 10.1. The molecule has 0 bridgehead atoms. The van der Waals surface area contributed by atoms with E-state index in [1.807, 2.05) is 59.5 Å². The molecule has 0 amide bonds. The fourth-order valence-electron chi connectivity index (χ4n) is 7.07. The van der Waals surface area contributed by atoms with Gasteiger partial charge in [0.05, 0.1) is 61.2 Å². The first kappa shape index (κ1) is 38.7. The van der Waals surface area contributed by atoms with Gasteiger partial charge in [-0.1, -0.05) is 24.3 Å². The van der Waals surface area contributed by atoms with Gasteiger partial charge in [0.25, 0.3) is 0 Å². The van der Waals surface area contributed by atoms with Crippen LogP contribution in [0.2, 0.25) is 0 Å². The number of aromatic carboxylic acids is 1. The van der Waals surface area contributed by atoms with E-state index in [0.29, 0.717) is 79.7 Å². The van der Waals surface area contributed by atoms with Crippen molar-refractivity contribution in [1.29, 1.82) is 0 Å². The van der Waals surface area contributed by atoms with E-state index in [-0.39, 0.29) is 28.6 Å². The molecule has 0 saturated carbocycles. The van der Waals surface area contributed by atoms with E-state index in [9.17, 15) is 20.1 Å². The highest BCUT2D eigenvalue weighted by Crippen LogP contribution is 2.34. The zero-order valence-corrected chi connectivity index (χ0v) is 32.6. The van der Waals surface area contributed by atoms with E-state index < -0.39 is 5.97 Å². The molecule has 18 nitrogen and oxygen atoms in total. The van der Waals surface area contributed by atoms with Crippen LogP contribution in [0.4, 0.5) is 34.9 Å². The maximum absolute atomic E-state index is 12.3. The number of benzene rings is 4. The lowest BCUT2D eigenvalue weighted by molar-refractivity contribution is 0.0698. The van der Waals surface area contributed by atoms with Gasteiger partial charge in [-0.15, -0.1) is 0 Å². The third kappa shape index (κ3) is 8.66. The fourth-order valence-corrected chi connectivity index (χ4v) is 7.07. The molecule has 8 aromatic rings. The van der Waals surface area contributed by atoms with Gasteiger partial charge in [0.1, 0.15) is 22.9 Å². The Hall–Kier alpha value is -7.83. The van der Waals surface area contributed by atoms with Crippen molar-refractivity contribution >= 4 is 62.7 Å². The molecule has 2 aliphatic heterocycles. The van der Waals surface area contributed by atoms with Gasteiger partial charge in [0, 0.05) is 65.5 Å². The molecule has 7 N–H and O–H groups in total. The first-order valence-corrected chi connectivity index (χ1v) is 19.5. The number of nitrogens with zero attached hydrogens (tertiary/aromatic N) is 8. The number of phenolic OH excluding ortho intramolecular Hbond substituents is 2. The van der Waals surface area contributed by atoms with Crippen LogP contribution in [0.25, 0.3) is 44.3 Å². The number of H-pyrrole nitrogens is 2. The van der Waals surface area contributed by atoms with Crippen LogP contribution in [-0.2, 0) is 9.47 Å². The van der Waals surface area contributed by atoms with Crippen LogP contribution in [0.3, 0.4) is 0 Å². The molecule has 0 unspecified atom stereocenters. The fraction of sp³-hybridized carbons (Fsp3) is 0.186. The Kier molecular flexibility index (Phi) is 10.9. The highest BCUT2D eigenvalue weighted by atomic mass is 16.5. The molecule has 0 atom stereocenters. The summed E-state index contributed by atoms with van der Waals surface area (Å²) in [6.07, 6.45) is 3.48. The number of carbonyl (C=O) groups is 1. The molecular weight excluding hydrogens is 781 g/mol. The SMILES string of the molecule is O=C(O)c1c(Nc2ccc3[nH]ncc3c2)nc(N2CCOCC2)nc1-c1cccc(O)c1.Oc1ccccc1-c1cc(Nc2ccc3[nH]ncc3c2)nc(N2CCOCC2)n1. The first-order valence-electron chi connectivity index (χ1n) is 19.5. The first-order chi connectivity index (χ1) is 29.8. The summed E-state index contributed by atoms with van der Waals surface area (Å²) in [5.41, 5.74) is 5.34. The number of hydrogen-bond donors (Lipinski definition) is 7. The van der Waals surface area contributed by atoms with Crippen LogP contribution in [0, 0.1) is 0 Å². The van der Waals surface area contributed by atoms with E-state index >= 15 is 0 Å². The molecule has 4 aromatic heterocycles. The monoisotopic (exact) mass is 820 g/mol. The molecule has 0 aliphatic carbocycles. The van der Waals surface area contributed by atoms with Gasteiger partial charge in [-0.2, -0.15) is 20.2 Å². The highest BCUT2D eigenvalue weighted by Gasteiger charge is 2.25. The van der Waals surface area contributed by atoms with Gasteiger partial charge in [0.2, 0.25) is 11.9 Å². The summed E-state index contributed by atoms with van der Waals surface area (Å²) in [7, 11) is 0. The number of nitrogens with one attached hydrogen (secondary N) is 4. The molecule has 2 aliphatic rings. The normalized spacial score (nSPS) is 14.1. The average Bonchev–Trinajstić information content (AvgIpc) is 3.96. The molecule has 2 saturated heterocycles. The maximum Gasteiger partial charge on any atom is 0.341 e. The van der Waals surface area contributed by atoms with Gasteiger partial charge in [-0.05, 0) is 60.7 Å². The second-order valence-corrected chi connectivity index (χ2v) is 14.2. The summed E-state index contributed by atoms with van der Waals surface area (Å²) >= 11 is 0. The number of fused-ring (bicyclic) bond motifs is 2. The number of hydrogen-bond acceptors (Lipinski definition) is 15. The predicted molar refractivity (Wildman–Crippen MR) is 230 cm³/mol. The second kappa shape index (κ2) is 17.2. The van der Waals surface area contributed by atoms with Crippen LogP contribution in [0.5, 0.6) is 11.5 Å². The van der Waals surface area contributed by atoms with Crippen LogP contribution in [0.1, 0.15) is 10.4 Å². The third-order valence-corrected chi connectivity index (χ3v) is 10.1. The largest absolute Gasteiger partial charge is 0.508 e. The zero-order chi connectivity index (χ0) is 41.7. The second-order valence-electron chi connectivity index (χ2n) is 14.2. The Morgan fingerprint density at radius 1 is 0.656 bits per heavy atom. The van der Waals surface area contributed by atoms with Crippen LogP contribution >= 0.6 is 0 Å². The number of carboxylic acids is 1. The molecule has 2 fully saturated rings. The van der Waals surface area contributed by atoms with E-state index in [1.54, 1.807) is 36.7 Å². The highest BCUT2D eigenvalue weighted by molar-refractivity contribution is 6.01. The van der Waals surface area contributed by atoms with E-state index in [1.165, 1.54) is 12.1 Å². The summed E-state index contributed by atoms with van der Waals surface area (Å²) in [4.78, 5) is 35.0. The van der Waals surface area contributed by atoms with Gasteiger partial charge in [-0.3, -0.25) is 10.2 Å². The van der Waals surface area contributed by atoms with Gasteiger partial charge in [0.15, 0.2) is 5.82 Å². The number of anilines is 6. The number of aromatic hydroxyl groups is 2. The number of rotatable bonds is 9. The minimum absolute atomic E-state index is 0.0188. The Morgan fingerprint density at radius 2 is 1.28 bits per heavy atom. The van der Waals surface area contributed by atoms with Crippen molar-refractivity contribution < 1.29 is 29.6 Å². The van der Waals surface area contributed by atoms with Crippen molar-refractivity contribution in [1.82, 2.24) is 40.3 Å². The zero-order valence-electron chi connectivity index (χ0n) is 32.6. The van der Waals surface area contributed by atoms with Gasteiger partial charge in [-0.25, -0.2) is 14.8 Å². The Balaban J connectivity index is 0.000000157. The molecule has 18 heteroatoms. The quantitative estimate of drug-likeness (QED) is 0.0845. The number of aromatic nitrogens is 8. The smallest absolute Gasteiger partial charge is 0.341 e. The van der Waals surface area contributed by atoms with Crippen molar-refractivity contribution in [2.24, 2.45) is 0 Å². The van der Waals surface area contributed by atoms with Crippen molar-refractivity contribution in [2.75, 3.05) is 73.0 Å². The van der Waals surface area contributed by atoms with E-state index in [4.69, 9.17) is 19.4 Å². The van der Waals surface area contributed by atoms with E-state index in [2.05, 4.69) is 45.9 Å². The lowest BCUT2D eigenvalue weighted by Crippen LogP contribution is -2.37. The van der Waals surface area contributed by atoms with Crippen LogP contribution in [0.15, 0.2) is 103 Å². The van der Waals surface area contributed by atoms with Crippen LogP contribution < -0.4 is 20.4 Å². The molecule has 308 valence electrons. The minimum atomic E-state index is -1.18. The summed E-state index contributed by atoms with van der Waals surface area (Å²) in [6.45, 7) is 4.99.